The van der Waals surface area contributed by atoms with E-state index in [2.05, 4.69) is 15.1 Å². The zero-order valence-corrected chi connectivity index (χ0v) is 11.7. The van der Waals surface area contributed by atoms with E-state index in [1.54, 1.807) is 12.1 Å². The quantitative estimate of drug-likeness (QED) is 0.387. The summed E-state index contributed by atoms with van der Waals surface area (Å²) in [5.41, 5.74) is 7.84. The van der Waals surface area contributed by atoms with E-state index in [1.807, 2.05) is 20.8 Å². The molecule has 3 N–H and O–H groups in total. The molecule has 0 saturated carbocycles. The van der Waals surface area contributed by atoms with Gasteiger partial charge < -0.3 is 15.4 Å². The molecule has 0 bridgehead atoms. The Morgan fingerprint density at radius 2 is 2.05 bits per heavy atom. The molecule has 0 spiro atoms. The summed E-state index contributed by atoms with van der Waals surface area (Å²) >= 11 is 1.25. The van der Waals surface area contributed by atoms with E-state index in [1.165, 1.54) is 11.8 Å². The van der Waals surface area contributed by atoms with Crippen molar-refractivity contribution in [2.75, 3.05) is 0 Å². The maximum absolute atomic E-state index is 8.78. The van der Waals surface area contributed by atoms with Gasteiger partial charge in [0, 0.05) is 5.69 Å². The third-order valence-electron chi connectivity index (χ3n) is 2.58. The molecule has 0 aliphatic carbocycles. The Morgan fingerprint density at radius 1 is 1.32 bits per heavy atom. The van der Waals surface area contributed by atoms with Gasteiger partial charge in [0.1, 0.15) is 10.8 Å². The lowest BCUT2D eigenvalue weighted by Crippen LogP contribution is -2.15. The lowest BCUT2D eigenvalue weighted by Gasteiger charge is -2.05. The summed E-state index contributed by atoms with van der Waals surface area (Å²) in [5, 5.41) is 12.9. The molecular weight excluding hydrogens is 264 g/mol. The SMILES string of the molecule is Cc1ccc(/C(N)=N/O)c(Sc2nc(C)c(C)o2)n1. The second-order valence-corrected chi connectivity index (χ2v) is 4.95. The van der Waals surface area contributed by atoms with E-state index >= 15 is 0 Å². The molecule has 0 unspecified atom stereocenters. The zero-order valence-electron chi connectivity index (χ0n) is 10.8. The van der Waals surface area contributed by atoms with Crippen LogP contribution in [0.25, 0.3) is 0 Å². The highest BCUT2D eigenvalue weighted by Crippen LogP contribution is 2.29. The van der Waals surface area contributed by atoms with Crippen molar-refractivity contribution in [2.24, 2.45) is 10.9 Å². The van der Waals surface area contributed by atoms with Gasteiger partial charge in [0.25, 0.3) is 5.22 Å². The van der Waals surface area contributed by atoms with E-state index < -0.39 is 0 Å². The van der Waals surface area contributed by atoms with Gasteiger partial charge in [0.2, 0.25) is 0 Å². The molecule has 0 aliphatic heterocycles. The zero-order chi connectivity index (χ0) is 14.0. The van der Waals surface area contributed by atoms with E-state index in [0.29, 0.717) is 15.8 Å². The van der Waals surface area contributed by atoms with Crippen LogP contribution in [0.2, 0.25) is 0 Å². The third kappa shape index (κ3) is 2.87. The summed E-state index contributed by atoms with van der Waals surface area (Å²) in [6, 6.07) is 3.55. The van der Waals surface area contributed by atoms with Gasteiger partial charge in [0.15, 0.2) is 5.84 Å². The Bertz CT molecular complexity index is 617. The molecule has 0 amide bonds. The molecule has 100 valence electrons. The van der Waals surface area contributed by atoms with E-state index in [4.69, 9.17) is 15.4 Å². The minimum atomic E-state index is 0.00926. The normalized spacial score (nSPS) is 11.8. The molecule has 0 saturated heterocycles. The Morgan fingerprint density at radius 3 is 2.63 bits per heavy atom. The van der Waals surface area contributed by atoms with Gasteiger partial charge >= 0.3 is 0 Å². The molecule has 0 aromatic carbocycles. The molecule has 2 heterocycles. The van der Waals surface area contributed by atoms with Crippen LogP contribution in [0.15, 0.2) is 32.0 Å². The minimum absolute atomic E-state index is 0.00926. The van der Waals surface area contributed by atoms with Crippen LogP contribution in [0, 0.1) is 20.8 Å². The highest BCUT2D eigenvalue weighted by atomic mass is 32.2. The smallest absolute Gasteiger partial charge is 0.262 e. The van der Waals surface area contributed by atoms with Gasteiger partial charge in [-0.2, -0.15) is 0 Å². The van der Waals surface area contributed by atoms with Gasteiger partial charge in [-0.3, -0.25) is 0 Å². The first kappa shape index (κ1) is 13.4. The number of pyridine rings is 1. The van der Waals surface area contributed by atoms with Crippen LogP contribution in [0.5, 0.6) is 0 Å². The Labute approximate surface area is 114 Å². The Kier molecular flexibility index (Phi) is 3.75. The Balaban J connectivity index is 2.40. The van der Waals surface area contributed by atoms with Gasteiger partial charge in [-0.1, -0.05) is 5.16 Å². The number of oxime groups is 1. The van der Waals surface area contributed by atoms with Crippen molar-refractivity contribution in [1.82, 2.24) is 9.97 Å². The number of hydrogen-bond donors (Lipinski definition) is 2. The molecule has 2 rings (SSSR count). The number of nitrogens with zero attached hydrogens (tertiary/aromatic N) is 3. The first-order valence-corrected chi connectivity index (χ1v) is 6.40. The number of nitrogens with two attached hydrogens (primary N) is 1. The van der Waals surface area contributed by atoms with Crippen molar-refractivity contribution >= 4 is 17.6 Å². The predicted octanol–water partition coefficient (Wildman–Crippen LogP) is 2.24. The van der Waals surface area contributed by atoms with Crippen LogP contribution >= 0.6 is 11.8 Å². The summed E-state index contributed by atoms with van der Waals surface area (Å²) in [6.45, 7) is 5.59. The topological polar surface area (TPSA) is 97.5 Å². The highest BCUT2D eigenvalue weighted by Gasteiger charge is 2.14. The molecule has 0 radical (unpaired) electrons. The molecule has 0 atom stereocenters. The molecule has 19 heavy (non-hydrogen) atoms. The molecule has 2 aromatic heterocycles. The number of amidine groups is 1. The Hall–Kier alpha value is -2.02. The predicted molar refractivity (Wildman–Crippen MR) is 71.6 cm³/mol. The number of hydrogen-bond acceptors (Lipinski definition) is 6. The van der Waals surface area contributed by atoms with Gasteiger partial charge in [-0.25, -0.2) is 9.97 Å². The average molecular weight is 278 g/mol. The fourth-order valence-electron chi connectivity index (χ4n) is 1.43. The van der Waals surface area contributed by atoms with Crippen molar-refractivity contribution < 1.29 is 9.62 Å². The summed E-state index contributed by atoms with van der Waals surface area (Å²) in [5.74, 6) is 0.774. The van der Waals surface area contributed by atoms with Crippen molar-refractivity contribution in [1.29, 1.82) is 0 Å². The third-order valence-corrected chi connectivity index (χ3v) is 3.43. The monoisotopic (exact) mass is 278 g/mol. The molecule has 0 aliphatic rings. The first-order chi connectivity index (χ1) is 9.01. The van der Waals surface area contributed by atoms with Crippen LogP contribution < -0.4 is 5.73 Å². The van der Waals surface area contributed by atoms with Gasteiger partial charge in [-0.15, -0.1) is 0 Å². The van der Waals surface area contributed by atoms with Crippen LogP contribution in [0.1, 0.15) is 22.7 Å². The van der Waals surface area contributed by atoms with E-state index in [9.17, 15) is 0 Å². The number of aromatic nitrogens is 2. The van der Waals surface area contributed by atoms with Crippen molar-refractivity contribution in [3.63, 3.8) is 0 Å². The van der Waals surface area contributed by atoms with Crippen molar-refractivity contribution in [3.05, 3.63) is 34.8 Å². The average Bonchev–Trinajstić information content (AvgIpc) is 2.67. The summed E-state index contributed by atoms with van der Waals surface area (Å²) < 4.78 is 5.50. The molecule has 2 aromatic rings. The number of aryl methyl sites for hydroxylation is 3. The summed E-state index contributed by atoms with van der Waals surface area (Å²) in [4.78, 5) is 8.64. The second kappa shape index (κ2) is 5.31. The highest BCUT2D eigenvalue weighted by molar-refractivity contribution is 7.99. The maximum atomic E-state index is 8.78. The minimum Gasteiger partial charge on any atom is -0.436 e. The van der Waals surface area contributed by atoms with Crippen LogP contribution in [0.3, 0.4) is 0 Å². The van der Waals surface area contributed by atoms with E-state index in [-0.39, 0.29) is 5.84 Å². The summed E-state index contributed by atoms with van der Waals surface area (Å²) in [7, 11) is 0. The standard InChI is InChI=1S/C12H14N4O2S/c1-6-4-5-9(10(13)16-17)11(14-6)19-12-15-7(2)8(3)18-12/h4-5,17H,1-3H3,(H2,13,16). The van der Waals surface area contributed by atoms with Crippen LogP contribution in [-0.4, -0.2) is 21.0 Å². The van der Waals surface area contributed by atoms with Gasteiger partial charge in [0.05, 0.1) is 11.3 Å². The molecule has 6 nitrogen and oxygen atoms in total. The van der Waals surface area contributed by atoms with Gasteiger partial charge in [-0.05, 0) is 44.7 Å². The maximum Gasteiger partial charge on any atom is 0.262 e. The molecule has 7 heteroatoms. The fourth-order valence-corrected chi connectivity index (χ4v) is 2.42. The largest absolute Gasteiger partial charge is 0.436 e. The fraction of sp³-hybridized carbons (Fsp3) is 0.250. The van der Waals surface area contributed by atoms with Crippen molar-refractivity contribution in [2.45, 2.75) is 31.0 Å². The van der Waals surface area contributed by atoms with Crippen molar-refractivity contribution in [3.8, 4) is 0 Å². The van der Waals surface area contributed by atoms with Crippen LogP contribution in [-0.2, 0) is 0 Å². The number of oxazole rings is 1. The first-order valence-electron chi connectivity index (χ1n) is 5.58. The molecule has 0 fully saturated rings. The second-order valence-electron chi connectivity index (χ2n) is 4.01. The van der Waals surface area contributed by atoms with E-state index in [0.717, 1.165) is 17.1 Å². The lowest BCUT2D eigenvalue weighted by atomic mass is 10.2. The summed E-state index contributed by atoms with van der Waals surface area (Å²) in [6.07, 6.45) is 0. The van der Waals surface area contributed by atoms with Crippen LogP contribution in [0.4, 0.5) is 0 Å². The number of rotatable bonds is 3. The molecular formula is C12H14N4O2S. The lowest BCUT2D eigenvalue weighted by molar-refractivity contribution is 0.318.